The molecule has 0 aliphatic heterocycles. The Kier molecular flexibility index (Phi) is 5.27. The molecule has 4 aromatic rings. The molecule has 0 radical (unpaired) electrons. The van der Waals surface area contributed by atoms with Gasteiger partial charge in [-0.2, -0.15) is 18.3 Å². The van der Waals surface area contributed by atoms with Gasteiger partial charge in [-0.3, -0.25) is 9.89 Å². The van der Waals surface area contributed by atoms with E-state index in [0.717, 1.165) is 71.1 Å². The first-order valence-corrected chi connectivity index (χ1v) is 11.0. The number of rotatable bonds is 3. The summed E-state index contributed by atoms with van der Waals surface area (Å²) < 4.78 is 39.1. The summed E-state index contributed by atoms with van der Waals surface area (Å²) in [6.07, 6.45) is -0.681. The lowest BCUT2D eigenvalue weighted by Crippen LogP contribution is -2.14. The molecule has 1 aliphatic carbocycles. The minimum atomic E-state index is -4.52. The normalized spacial score (nSPS) is 13.6. The first kappa shape index (κ1) is 21.9. The number of nitrogen functional groups attached to an aromatic ring is 1. The average molecular weight is 465 g/mol. The van der Waals surface area contributed by atoms with Crippen molar-refractivity contribution in [3.63, 3.8) is 0 Å². The molecule has 0 fully saturated rings. The van der Waals surface area contributed by atoms with Crippen LogP contribution in [0.25, 0.3) is 22.3 Å². The Morgan fingerprint density at radius 2 is 1.85 bits per heavy atom. The molecule has 5 rings (SSSR count). The second-order valence-corrected chi connectivity index (χ2v) is 8.52. The van der Waals surface area contributed by atoms with Crippen molar-refractivity contribution in [3.05, 3.63) is 70.3 Å². The van der Waals surface area contributed by atoms with Crippen LogP contribution in [-0.4, -0.2) is 21.1 Å². The topological polar surface area (TPSA) is 96.7 Å². The number of benzene rings is 2. The van der Waals surface area contributed by atoms with Gasteiger partial charge in [0.2, 0.25) is 0 Å². The number of pyridine rings is 1. The Labute approximate surface area is 193 Å². The van der Waals surface area contributed by atoms with E-state index in [0.29, 0.717) is 17.2 Å². The number of fused-ring (bicyclic) bond motifs is 3. The molecular weight excluding hydrogens is 443 g/mol. The summed E-state index contributed by atoms with van der Waals surface area (Å²) in [5, 5.41) is 10.6. The van der Waals surface area contributed by atoms with Gasteiger partial charge in [-0.1, -0.05) is 12.1 Å². The fourth-order valence-corrected chi connectivity index (χ4v) is 4.56. The number of H-pyrrole nitrogens is 1. The number of hydrogen-bond acceptors (Lipinski definition) is 4. The number of amides is 1. The molecule has 2 heterocycles. The van der Waals surface area contributed by atoms with Crippen LogP contribution in [0.2, 0.25) is 0 Å². The van der Waals surface area contributed by atoms with Crippen LogP contribution < -0.4 is 11.1 Å². The van der Waals surface area contributed by atoms with E-state index < -0.39 is 17.6 Å². The van der Waals surface area contributed by atoms with Crippen LogP contribution in [0.5, 0.6) is 0 Å². The number of nitrogens with one attached hydrogen (secondary N) is 2. The molecule has 0 saturated carbocycles. The van der Waals surface area contributed by atoms with Crippen LogP contribution >= 0.6 is 0 Å². The maximum atomic E-state index is 13.0. The van der Waals surface area contributed by atoms with Crippen LogP contribution in [0.3, 0.4) is 0 Å². The van der Waals surface area contributed by atoms with Gasteiger partial charge < -0.3 is 11.1 Å². The van der Waals surface area contributed by atoms with Crippen molar-refractivity contribution in [1.29, 1.82) is 0 Å². The molecule has 0 bridgehead atoms. The number of aryl methyl sites for hydroxylation is 2. The number of nitrogens with two attached hydrogens (primary N) is 1. The average Bonchev–Trinajstić information content (AvgIpc) is 3.20. The smallest absolute Gasteiger partial charge is 0.382 e. The van der Waals surface area contributed by atoms with Crippen molar-refractivity contribution >= 4 is 28.4 Å². The van der Waals surface area contributed by atoms with Gasteiger partial charge in [0.25, 0.3) is 5.91 Å². The Morgan fingerprint density at radius 3 is 2.62 bits per heavy atom. The van der Waals surface area contributed by atoms with Crippen molar-refractivity contribution in [2.45, 2.75) is 38.8 Å². The van der Waals surface area contributed by atoms with E-state index >= 15 is 0 Å². The van der Waals surface area contributed by atoms with Gasteiger partial charge in [-0.25, -0.2) is 4.98 Å². The number of nitrogens with zero attached hydrogens (tertiary/aromatic N) is 2. The summed E-state index contributed by atoms with van der Waals surface area (Å²) in [5.74, 6) is -0.182. The molecule has 4 N–H and O–H groups in total. The molecule has 2 aromatic carbocycles. The molecule has 0 atom stereocenters. The van der Waals surface area contributed by atoms with Gasteiger partial charge >= 0.3 is 6.18 Å². The fourth-order valence-electron chi connectivity index (χ4n) is 4.56. The Bertz CT molecular complexity index is 1420. The van der Waals surface area contributed by atoms with Crippen molar-refractivity contribution in [3.8, 4) is 11.3 Å². The van der Waals surface area contributed by atoms with E-state index in [1.165, 1.54) is 12.1 Å². The zero-order valence-corrected chi connectivity index (χ0v) is 18.4. The molecule has 174 valence electrons. The van der Waals surface area contributed by atoms with Gasteiger partial charge in [0.1, 0.15) is 0 Å². The second kappa shape index (κ2) is 8.16. The molecule has 0 spiro atoms. The number of alkyl halides is 3. The number of aromatic amines is 1. The Morgan fingerprint density at radius 1 is 1.09 bits per heavy atom. The summed E-state index contributed by atoms with van der Waals surface area (Å²) in [6, 6.07) is 9.76. The Balaban J connectivity index is 1.54. The number of carbonyl (C=O) groups excluding carboxylic acids is 1. The fraction of sp³-hybridized carbons (Fsp3) is 0.240. The second-order valence-electron chi connectivity index (χ2n) is 8.52. The number of aromatic nitrogens is 3. The summed E-state index contributed by atoms with van der Waals surface area (Å²) in [4.78, 5) is 17.5. The number of halogens is 3. The van der Waals surface area contributed by atoms with Crippen LogP contribution in [0.4, 0.5) is 24.7 Å². The van der Waals surface area contributed by atoms with Gasteiger partial charge in [-0.05, 0) is 79.6 Å². The minimum absolute atomic E-state index is 0.0678. The minimum Gasteiger partial charge on any atom is -0.382 e. The largest absolute Gasteiger partial charge is 0.416 e. The van der Waals surface area contributed by atoms with Crippen molar-refractivity contribution in [2.75, 3.05) is 11.1 Å². The molecular formula is C25H22F3N5O. The first-order valence-electron chi connectivity index (χ1n) is 11.0. The van der Waals surface area contributed by atoms with Crippen LogP contribution in [0.1, 0.15) is 45.5 Å². The number of carbonyl (C=O) groups is 1. The molecule has 6 nitrogen and oxygen atoms in total. The highest BCUT2D eigenvalue weighted by molar-refractivity contribution is 6.04. The van der Waals surface area contributed by atoms with E-state index in [1.54, 1.807) is 6.07 Å². The van der Waals surface area contributed by atoms with Crippen molar-refractivity contribution < 1.29 is 18.0 Å². The van der Waals surface area contributed by atoms with Gasteiger partial charge in [0.15, 0.2) is 11.5 Å². The van der Waals surface area contributed by atoms with Crippen molar-refractivity contribution in [1.82, 2.24) is 15.2 Å². The summed E-state index contributed by atoms with van der Waals surface area (Å²) >= 11 is 0. The molecule has 1 amide bonds. The highest BCUT2D eigenvalue weighted by atomic mass is 19.4. The van der Waals surface area contributed by atoms with Gasteiger partial charge in [-0.15, -0.1) is 0 Å². The SMILES string of the molecule is Cc1ccc(NC(=O)c2cccc(C(F)(F)F)c2)cc1-c1nc2[nH]nc(N)c2c2c1CCCC2. The summed E-state index contributed by atoms with van der Waals surface area (Å²) in [7, 11) is 0. The third-order valence-corrected chi connectivity index (χ3v) is 6.26. The third kappa shape index (κ3) is 3.87. The highest BCUT2D eigenvalue weighted by Gasteiger charge is 2.31. The first-order chi connectivity index (χ1) is 16.2. The van der Waals surface area contributed by atoms with E-state index in [2.05, 4.69) is 15.5 Å². The molecule has 0 unspecified atom stereocenters. The predicted octanol–water partition coefficient (Wildman–Crippen LogP) is 5.67. The predicted molar refractivity (Wildman–Crippen MR) is 125 cm³/mol. The lowest BCUT2D eigenvalue weighted by atomic mass is 9.86. The van der Waals surface area contributed by atoms with E-state index in [4.69, 9.17) is 10.7 Å². The van der Waals surface area contributed by atoms with Gasteiger partial charge in [0.05, 0.1) is 16.6 Å². The number of anilines is 2. The summed E-state index contributed by atoms with van der Waals surface area (Å²) in [5.41, 5.74) is 11.1. The Hall–Kier alpha value is -3.88. The molecule has 0 saturated heterocycles. The maximum Gasteiger partial charge on any atom is 0.416 e. The standard InChI is InChI=1S/C25H22F3N5O/c1-13-9-10-16(30-24(34)14-5-4-6-15(11-14)25(26,27)28)12-19(13)21-18-8-3-2-7-17(18)20-22(29)32-33-23(20)31-21/h4-6,9-12H,2-3,7-8H2,1H3,(H,30,34)(H3,29,31,32,33). The van der Waals surface area contributed by atoms with E-state index in [-0.39, 0.29) is 5.56 Å². The van der Waals surface area contributed by atoms with Crippen LogP contribution in [0, 0.1) is 6.92 Å². The zero-order chi connectivity index (χ0) is 24.0. The third-order valence-electron chi connectivity index (χ3n) is 6.26. The quantitative estimate of drug-likeness (QED) is 0.363. The lowest BCUT2D eigenvalue weighted by Gasteiger charge is -2.21. The monoisotopic (exact) mass is 465 g/mol. The van der Waals surface area contributed by atoms with Crippen LogP contribution in [0.15, 0.2) is 42.5 Å². The van der Waals surface area contributed by atoms with E-state index in [9.17, 15) is 18.0 Å². The highest BCUT2D eigenvalue weighted by Crippen LogP contribution is 2.38. The van der Waals surface area contributed by atoms with Gasteiger partial charge in [0, 0.05) is 16.8 Å². The van der Waals surface area contributed by atoms with E-state index in [1.807, 2.05) is 19.1 Å². The maximum absolute atomic E-state index is 13.0. The summed E-state index contributed by atoms with van der Waals surface area (Å²) in [6.45, 7) is 1.95. The van der Waals surface area contributed by atoms with Crippen molar-refractivity contribution in [2.24, 2.45) is 0 Å². The molecule has 9 heteroatoms. The molecule has 2 aromatic heterocycles. The van der Waals surface area contributed by atoms with Crippen LogP contribution in [-0.2, 0) is 19.0 Å². The molecule has 34 heavy (non-hydrogen) atoms. The molecule has 1 aliphatic rings. The number of hydrogen-bond donors (Lipinski definition) is 3. The zero-order valence-electron chi connectivity index (χ0n) is 18.4. The lowest BCUT2D eigenvalue weighted by molar-refractivity contribution is -0.137.